The molecule has 1 heterocycles. The summed E-state index contributed by atoms with van der Waals surface area (Å²) in [5.41, 5.74) is 2.18. The van der Waals surface area contributed by atoms with Crippen molar-refractivity contribution in [2.45, 2.75) is 6.54 Å². The van der Waals surface area contributed by atoms with Gasteiger partial charge in [0.25, 0.3) is 5.69 Å². The van der Waals surface area contributed by atoms with Crippen LogP contribution in [-0.4, -0.2) is 9.91 Å². The molecule has 1 aromatic carbocycles. The van der Waals surface area contributed by atoms with E-state index in [1.165, 1.54) is 12.1 Å². The van der Waals surface area contributed by atoms with Crippen molar-refractivity contribution >= 4 is 17.3 Å². The smallest absolute Gasteiger partial charge is 0.276 e. The Kier molecular flexibility index (Phi) is 4.24. The molecule has 0 fully saturated rings. The molecular weight excluding hydrogens is 284 g/mol. The molecule has 110 valence electrons. The van der Waals surface area contributed by atoms with Crippen LogP contribution >= 0.6 is 0 Å². The highest BCUT2D eigenvalue weighted by atomic mass is 19.1. The van der Waals surface area contributed by atoms with Gasteiger partial charge in [-0.3, -0.25) is 10.1 Å². The fourth-order valence-electron chi connectivity index (χ4n) is 1.64. The summed E-state index contributed by atoms with van der Waals surface area (Å²) < 4.78 is 26.2. The molecule has 0 bridgehead atoms. The predicted octanol–water partition coefficient (Wildman–Crippen LogP) is 2.17. The van der Waals surface area contributed by atoms with Gasteiger partial charge in [-0.1, -0.05) is 6.07 Å². The first kappa shape index (κ1) is 14.6. The second kappa shape index (κ2) is 6.09. The van der Waals surface area contributed by atoms with Crippen molar-refractivity contribution in [3.05, 3.63) is 57.6 Å². The van der Waals surface area contributed by atoms with Crippen molar-refractivity contribution in [3.8, 4) is 0 Å². The number of nitrogens with two attached hydrogens (primary N) is 1. The molecule has 4 N–H and O–H groups in total. The van der Waals surface area contributed by atoms with E-state index in [0.29, 0.717) is 0 Å². The maximum Gasteiger partial charge on any atom is 0.276 e. The first-order valence-corrected chi connectivity index (χ1v) is 5.80. The monoisotopic (exact) mass is 295 g/mol. The summed E-state index contributed by atoms with van der Waals surface area (Å²) >= 11 is 0. The minimum absolute atomic E-state index is 0.00963. The van der Waals surface area contributed by atoms with Crippen LogP contribution in [0.4, 0.5) is 26.1 Å². The van der Waals surface area contributed by atoms with Crippen LogP contribution in [0.25, 0.3) is 0 Å². The van der Waals surface area contributed by atoms with Crippen LogP contribution in [0.15, 0.2) is 30.3 Å². The van der Waals surface area contributed by atoms with Crippen LogP contribution in [0, 0.1) is 21.7 Å². The van der Waals surface area contributed by atoms with Gasteiger partial charge in [0.2, 0.25) is 0 Å². The summed E-state index contributed by atoms with van der Waals surface area (Å²) in [7, 11) is 0. The molecule has 0 unspecified atom stereocenters. The van der Waals surface area contributed by atoms with E-state index in [1.54, 1.807) is 0 Å². The molecule has 2 aromatic rings. The second-order valence-electron chi connectivity index (χ2n) is 4.09. The zero-order chi connectivity index (χ0) is 15.4. The van der Waals surface area contributed by atoms with Crippen LogP contribution in [-0.2, 0) is 6.54 Å². The number of rotatable bonds is 5. The molecule has 9 heteroatoms. The average Bonchev–Trinajstić information content (AvgIpc) is 2.46. The zero-order valence-corrected chi connectivity index (χ0v) is 10.6. The molecule has 0 spiro atoms. The van der Waals surface area contributed by atoms with E-state index in [2.05, 4.69) is 15.7 Å². The van der Waals surface area contributed by atoms with Gasteiger partial charge in [0.15, 0.2) is 0 Å². The van der Waals surface area contributed by atoms with Crippen molar-refractivity contribution < 1.29 is 13.7 Å². The molecule has 0 saturated heterocycles. The van der Waals surface area contributed by atoms with E-state index in [4.69, 9.17) is 5.84 Å². The van der Waals surface area contributed by atoms with Gasteiger partial charge in [0, 0.05) is 18.2 Å². The number of hydrazine groups is 1. The second-order valence-corrected chi connectivity index (χ2v) is 4.09. The molecule has 0 radical (unpaired) electrons. The van der Waals surface area contributed by atoms with Crippen LogP contribution < -0.4 is 16.6 Å². The van der Waals surface area contributed by atoms with E-state index >= 15 is 0 Å². The molecule has 0 amide bonds. The lowest BCUT2D eigenvalue weighted by Crippen LogP contribution is -2.11. The third-order valence-electron chi connectivity index (χ3n) is 2.64. The molecule has 2 rings (SSSR count). The van der Waals surface area contributed by atoms with E-state index < -0.39 is 16.6 Å². The maximum absolute atomic E-state index is 13.5. The topological polar surface area (TPSA) is 106 Å². The molecule has 0 saturated carbocycles. The molecule has 0 aliphatic carbocycles. The van der Waals surface area contributed by atoms with Crippen molar-refractivity contribution in [3.63, 3.8) is 0 Å². The van der Waals surface area contributed by atoms with Crippen LogP contribution in [0.3, 0.4) is 0 Å². The zero-order valence-electron chi connectivity index (χ0n) is 10.6. The standard InChI is InChI=1S/C12H11F2N5O2/c13-8-2-1-7(10(14)3-8)6-16-11-4-9(19(20)21)5-12(17-11)18-15/h1-5H,6,15H2,(H2,16,17,18). The van der Waals surface area contributed by atoms with Crippen molar-refractivity contribution in [1.29, 1.82) is 0 Å². The fourth-order valence-corrected chi connectivity index (χ4v) is 1.64. The number of anilines is 2. The molecule has 21 heavy (non-hydrogen) atoms. The Balaban J connectivity index is 2.19. The summed E-state index contributed by atoms with van der Waals surface area (Å²) in [6.07, 6.45) is 0. The Morgan fingerprint density at radius 1 is 1.24 bits per heavy atom. The number of hydrogen-bond donors (Lipinski definition) is 3. The molecule has 1 aromatic heterocycles. The van der Waals surface area contributed by atoms with Gasteiger partial charge in [-0.15, -0.1) is 0 Å². The molecule has 0 aliphatic heterocycles. The third kappa shape index (κ3) is 3.60. The number of nitrogens with zero attached hydrogens (tertiary/aromatic N) is 2. The summed E-state index contributed by atoms with van der Waals surface area (Å²) in [5.74, 6) is 4.00. The average molecular weight is 295 g/mol. The van der Waals surface area contributed by atoms with Crippen molar-refractivity contribution in [1.82, 2.24) is 4.98 Å². The number of benzene rings is 1. The number of nitrogens with one attached hydrogen (secondary N) is 2. The molecule has 0 aliphatic rings. The van der Waals surface area contributed by atoms with Gasteiger partial charge in [-0.2, -0.15) is 0 Å². The van der Waals surface area contributed by atoms with E-state index in [0.717, 1.165) is 18.2 Å². The molecular formula is C12H11F2N5O2. The summed E-state index contributed by atoms with van der Waals surface area (Å²) in [6.45, 7) is -0.00963. The van der Waals surface area contributed by atoms with Gasteiger partial charge in [0.1, 0.15) is 23.3 Å². The Bertz CT molecular complexity index is 681. The van der Waals surface area contributed by atoms with Crippen LogP contribution in [0.1, 0.15) is 5.56 Å². The normalized spacial score (nSPS) is 10.2. The highest BCUT2D eigenvalue weighted by Gasteiger charge is 2.11. The lowest BCUT2D eigenvalue weighted by Gasteiger charge is -2.08. The summed E-state index contributed by atoms with van der Waals surface area (Å²) in [5, 5.41) is 13.5. The number of aromatic nitrogens is 1. The fraction of sp³-hybridized carbons (Fsp3) is 0.0833. The molecule has 7 nitrogen and oxygen atoms in total. The van der Waals surface area contributed by atoms with Gasteiger partial charge < -0.3 is 10.7 Å². The summed E-state index contributed by atoms with van der Waals surface area (Å²) in [6, 6.07) is 5.49. The number of halogens is 2. The number of nitrogen functional groups attached to an aromatic ring is 1. The van der Waals surface area contributed by atoms with E-state index in [-0.39, 0.29) is 29.4 Å². The Morgan fingerprint density at radius 3 is 2.57 bits per heavy atom. The lowest BCUT2D eigenvalue weighted by atomic mass is 10.2. The van der Waals surface area contributed by atoms with Gasteiger partial charge >= 0.3 is 0 Å². The number of pyridine rings is 1. The van der Waals surface area contributed by atoms with Crippen molar-refractivity contribution in [2.75, 3.05) is 10.7 Å². The predicted molar refractivity (Wildman–Crippen MR) is 72.4 cm³/mol. The van der Waals surface area contributed by atoms with Crippen LogP contribution in [0.2, 0.25) is 0 Å². The van der Waals surface area contributed by atoms with Gasteiger partial charge in [-0.05, 0) is 6.07 Å². The maximum atomic E-state index is 13.5. The van der Waals surface area contributed by atoms with Crippen LogP contribution in [0.5, 0.6) is 0 Å². The first-order valence-electron chi connectivity index (χ1n) is 5.80. The number of nitro groups is 1. The quantitative estimate of drug-likeness (QED) is 0.443. The largest absolute Gasteiger partial charge is 0.366 e. The highest BCUT2D eigenvalue weighted by molar-refractivity contribution is 5.54. The Labute approximate surface area is 117 Å². The van der Waals surface area contributed by atoms with Crippen molar-refractivity contribution in [2.24, 2.45) is 5.84 Å². The minimum Gasteiger partial charge on any atom is -0.366 e. The third-order valence-corrected chi connectivity index (χ3v) is 2.64. The van der Waals surface area contributed by atoms with Gasteiger partial charge in [-0.25, -0.2) is 19.6 Å². The van der Waals surface area contributed by atoms with Gasteiger partial charge in [0.05, 0.1) is 17.1 Å². The van der Waals surface area contributed by atoms with E-state index in [1.807, 2.05) is 0 Å². The lowest BCUT2D eigenvalue weighted by molar-refractivity contribution is -0.384. The Morgan fingerprint density at radius 2 is 1.95 bits per heavy atom. The summed E-state index contributed by atoms with van der Waals surface area (Å²) in [4.78, 5) is 14.1. The Hall–Kier alpha value is -2.81. The molecule has 0 atom stereocenters. The minimum atomic E-state index is -0.717. The highest BCUT2D eigenvalue weighted by Crippen LogP contribution is 2.21. The van der Waals surface area contributed by atoms with E-state index in [9.17, 15) is 18.9 Å². The first-order chi connectivity index (χ1) is 9.99. The number of hydrogen-bond acceptors (Lipinski definition) is 6. The SMILES string of the molecule is NNc1cc([N+](=O)[O-])cc(NCc2ccc(F)cc2F)n1.